The second-order valence-corrected chi connectivity index (χ2v) is 5.54. The Morgan fingerprint density at radius 3 is 2.63 bits per heavy atom. The normalized spacial score (nSPS) is 24.9. The van der Waals surface area contributed by atoms with E-state index in [0.717, 1.165) is 24.3 Å². The molecule has 2 nitrogen and oxygen atoms in total. The van der Waals surface area contributed by atoms with Crippen LogP contribution in [0.1, 0.15) is 49.8 Å². The molecular weight excluding hydrogens is 246 g/mol. The molecule has 0 amide bonds. The number of nitrogens with two attached hydrogens (primary N) is 1. The van der Waals surface area contributed by atoms with Gasteiger partial charge in [0.2, 0.25) is 0 Å². The van der Waals surface area contributed by atoms with Crippen molar-refractivity contribution in [2.75, 3.05) is 6.54 Å². The van der Waals surface area contributed by atoms with Gasteiger partial charge in [0.15, 0.2) is 0 Å². The van der Waals surface area contributed by atoms with Gasteiger partial charge >= 0.3 is 0 Å². The third-order valence-electron chi connectivity index (χ3n) is 3.93. The van der Waals surface area contributed by atoms with E-state index in [0.29, 0.717) is 12.6 Å². The molecule has 19 heavy (non-hydrogen) atoms. The van der Waals surface area contributed by atoms with Crippen molar-refractivity contribution < 1.29 is 8.78 Å². The Hall–Kier alpha value is -1.00. The molecule has 0 aromatic heterocycles. The Morgan fingerprint density at radius 1 is 1.32 bits per heavy atom. The highest BCUT2D eigenvalue weighted by atomic mass is 19.3. The minimum absolute atomic E-state index is 0.0333. The summed E-state index contributed by atoms with van der Waals surface area (Å²) in [5.41, 5.74) is 6.72. The van der Waals surface area contributed by atoms with Gasteiger partial charge in [-0.25, -0.2) is 8.78 Å². The zero-order valence-corrected chi connectivity index (χ0v) is 11.3. The van der Waals surface area contributed by atoms with E-state index in [4.69, 9.17) is 5.73 Å². The highest BCUT2D eigenvalue weighted by Gasteiger charge is 2.24. The Bertz CT molecular complexity index is 409. The van der Waals surface area contributed by atoms with Crippen molar-refractivity contribution in [2.24, 2.45) is 11.7 Å². The van der Waals surface area contributed by atoms with Crippen LogP contribution in [0.15, 0.2) is 24.3 Å². The first kappa shape index (κ1) is 14.4. The summed E-state index contributed by atoms with van der Waals surface area (Å²) in [5.74, 6) is 0.739. The van der Waals surface area contributed by atoms with E-state index in [-0.39, 0.29) is 11.6 Å². The van der Waals surface area contributed by atoms with Crippen molar-refractivity contribution in [2.45, 2.75) is 44.7 Å². The molecule has 1 fully saturated rings. The van der Waals surface area contributed by atoms with Crippen LogP contribution in [0.2, 0.25) is 0 Å². The molecule has 0 saturated heterocycles. The van der Waals surface area contributed by atoms with E-state index < -0.39 is 6.43 Å². The quantitative estimate of drug-likeness (QED) is 0.859. The topological polar surface area (TPSA) is 38.0 Å². The van der Waals surface area contributed by atoms with E-state index in [2.05, 4.69) is 12.2 Å². The maximum atomic E-state index is 12.7. The van der Waals surface area contributed by atoms with Gasteiger partial charge in [-0.15, -0.1) is 0 Å². The Balaban J connectivity index is 2.06. The maximum absolute atomic E-state index is 12.7. The summed E-state index contributed by atoms with van der Waals surface area (Å²) < 4.78 is 25.4. The summed E-state index contributed by atoms with van der Waals surface area (Å²) >= 11 is 0. The van der Waals surface area contributed by atoms with Crippen LogP contribution in [0.5, 0.6) is 0 Å². The molecule has 4 heteroatoms. The highest BCUT2D eigenvalue weighted by Crippen LogP contribution is 2.28. The monoisotopic (exact) mass is 268 g/mol. The summed E-state index contributed by atoms with van der Waals surface area (Å²) in [6, 6.07) is 6.99. The van der Waals surface area contributed by atoms with Crippen molar-refractivity contribution in [3.05, 3.63) is 35.4 Å². The summed E-state index contributed by atoms with van der Waals surface area (Å²) in [6.07, 6.45) is 1.09. The maximum Gasteiger partial charge on any atom is 0.263 e. The SMILES string of the molecule is CC1CCC(NC(CN)c2cccc(C(F)F)c2)C1. The average Bonchev–Trinajstić information content (AvgIpc) is 2.81. The minimum Gasteiger partial charge on any atom is -0.329 e. The molecule has 0 heterocycles. The van der Waals surface area contributed by atoms with Gasteiger partial charge in [0.05, 0.1) is 0 Å². The molecule has 1 aliphatic rings. The Labute approximate surface area is 113 Å². The summed E-state index contributed by atoms with van der Waals surface area (Å²) in [5, 5.41) is 3.51. The highest BCUT2D eigenvalue weighted by molar-refractivity contribution is 5.27. The van der Waals surface area contributed by atoms with Crippen molar-refractivity contribution >= 4 is 0 Å². The van der Waals surface area contributed by atoms with Crippen LogP contribution in [0, 0.1) is 5.92 Å². The number of alkyl halides is 2. The molecule has 1 aromatic rings. The van der Waals surface area contributed by atoms with Gasteiger partial charge in [0.1, 0.15) is 0 Å². The lowest BCUT2D eigenvalue weighted by molar-refractivity contribution is 0.151. The number of benzene rings is 1. The number of halogens is 2. The van der Waals surface area contributed by atoms with Crippen LogP contribution < -0.4 is 11.1 Å². The molecule has 3 N–H and O–H groups in total. The van der Waals surface area contributed by atoms with Crippen molar-refractivity contribution in [1.82, 2.24) is 5.32 Å². The predicted octanol–water partition coefficient (Wildman–Crippen LogP) is 3.40. The molecule has 1 aliphatic carbocycles. The van der Waals surface area contributed by atoms with Gasteiger partial charge in [-0.05, 0) is 36.8 Å². The first-order valence-electron chi connectivity index (χ1n) is 6.94. The first-order chi connectivity index (χ1) is 9.10. The summed E-state index contributed by atoms with van der Waals surface area (Å²) in [7, 11) is 0. The standard InChI is InChI=1S/C15H22F2N2/c1-10-5-6-13(7-10)19-14(9-18)11-3-2-4-12(8-11)15(16)17/h2-4,8,10,13-15,19H,5-7,9,18H2,1H3. The zero-order valence-electron chi connectivity index (χ0n) is 11.3. The minimum atomic E-state index is -2.43. The van der Waals surface area contributed by atoms with E-state index in [1.807, 2.05) is 6.07 Å². The van der Waals surface area contributed by atoms with Crippen LogP contribution in [-0.4, -0.2) is 12.6 Å². The molecule has 106 valence electrons. The molecule has 3 atom stereocenters. The third-order valence-corrected chi connectivity index (χ3v) is 3.93. The molecule has 2 rings (SSSR count). The van der Waals surface area contributed by atoms with Crippen LogP contribution >= 0.6 is 0 Å². The van der Waals surface area contributed by atoms with Crippen LogP contribution in [-0.2, 0) is 0 Å². The lowest BCUT2D eigenvalue weighted by Crippen LogP contribution is -2.35. The van der Waals surface area contributed by atoms with Crippen LogP contribution in [0.4, 0.5) is 8.78 Å². The molecule has 1 saturated carbocycles. The van der Waals surface area contributed by atoms with Gasteiger partial charge in [-0.1, -0.05) is 25.1 Å². The molecule has 0 bridgehead atoms. The Kier molecular flexibility index (Phi) is 4.88. The number of hydrogen-bond acceptors (Lipinski definition) is 2. The molecule has 0 spiro atoms. The first-order valence-corrected chi connectivity index (χ1v) is 6.94. The third kappa shape index (κ3) is 3.74. The van der Waals surface area contributed by atoms with Crippen molar-refractivity contribution in [1.29, 1.82) is 0 Å². The van der Waals surface area contributed by atoms with E-state index in [1.54, 1.807) is 12.1 Å². The Morgan fingerprint density at radius 2 is 2.05 bits per heavy atom. The predicted molar refractivity (Wildman–Crippen MR) is 73.1 cm³/mol. The van der Waals surface area contributed by atoms with E-state index in [1.165, 1.54) is 12.5 Å². The molecule has 0 radical (unpaired) electrons. The summed E-state index contributed by atoms with van der Waals surface area (Å²) in [6.45, 7) is 2.67. The number of nitrogens with one attached hydrogen (secondary N) is 1. The van der Waals surface area contributed by atoms with Crippen LogP contribution in [0.25, 0.3) is 0 Å². The lowest BCUT2D eigenvalue weighted by Gasteiger charge is -2.22. The summed E-state index contributed by atoms with van der Waals surface area (Å²) in [4.78, 5) is 0. The van der Waals surface area contributed by atoms with E-state index >= 15 is 0 Å². The van der Waals surface area contributed by atoms with Crippen molar-refractivity contribution in [3.8, 4) is 0 Å². The van der Waals surface area contributed by atoms with E-state index in [9.17, 15) is 8.78 Å². The smallest absolute Gasteiger partial charge is 0.263 e. The van der Waals surface area contributed by atoms with Crippen molar-refractivity contribution in [3.63, 3.8) is 0 Å². The molecule has 1 aromatic carbocycles. The van der Waals surface area contributed by atoms with Gasteiger partial charge < -0.3 is 11.1 Å². The lowest BCUT2D eigenvalue weighted by atomic mass is 10.0. The largest absolute Gasteiger partial charge is 0.329 e. The molecule has 0 aliphatic heterocycles. The fourth-order valence-corrected chi connectivity index (χ4v) is 2.85. The second kappa shape index (κ2) is 6.44. The van der Waals surface area contributed by atoms with Gasteiger partial charge in [-0.3, -0.25) is 0 Å². The number of hydrogen-bond donors (Lipinski definition) is 2. The average molecular weight is 268 g/mol. The fraction of sp³-hybridized carbons (Fsp3) is 0.600. The fourth-order valence-electron chi connectivity index (χ4n) is 2.85. The van der Waals surface area contributed by atoms with Crippen LogP contribution in [0.3, 0.4) is 0 Å². The number of rotatable bonds is 5. The molecule has 3 unspecified atom stereocenters. The van der Waals surface area contributed by atoms with Gasteiger partial charge in [-0.2, -0.15) is 0 Å². The van der Waals surface area contributed by atoms with Gasteiger partial charge in [0.25, 0.3) is 6.43 Å². The zero-order chi connectivity index (χ0) is 13.8. The second-order valence-electron chi connectivity index (χ2n) is 5.54. The van der Waals surface area contributed by atoms with Gasteiger partial charge in [0, 0.05) is 24.2 Å². The molecular formula is C15H22F2N2.